The molecule has 0 saturated heterocycles. The van der Waals surface area contributed by atoms with Gasteiger partial charge in [-0.05, 0) is 56.5 Å². The van der Waals surface area contributed by atoms with Crippen LogP contribution in [-0.4, -0.2) is 33.7 Å². The first kappa shape index (κ1) is 23.0. The lowest BCUT2D eigenvalue weighted by Gasteiger charge is -2.31. The number of anilines is 2. The Hall–Kier alpha value is -2.25. The number of hydrogen-bond acceptors (Lipinski definition) is 4. The number of amides is 1. The molecular formula is C21H27ClN2O4S. The number of carbonyl (C=O) groups is 1. The number of halogens is 1. The predicted octanol–water partition coefficient (Wildman–Crippen LogP) is 4.46. The van der Waals surface area contributed by atoms with Gasteiger partial charge in [0.2, 0.25) is 15.9 Å². The fourth-order valence-electron chi connectivity index (χ4n) is 3.45. The fourth-order valence-corrected chi connectivity index (χ4v) is 4.83. The molecule has 0 aliphatic rings. The number of ether oxygens (including phenoxy) is 1. The molecule has 0 aliphatic heterocycles. The van der Waals surface area contributed by atoms with Gasteiger partial charge in [0.05, 0.1) is 19.1 Å². The van der Waals surface area contributed by atoms with Crippen LogP contribution in [0.4, 0.5) is 11.4 Å². The average Bonchev–Trinajstić information content (AvgIpc) is 2.61. The van der Waals surface area contributed by atoms with E-state index in [1.165, 1.54) is 13.2 Å². The lowest BCUT2D eigenvalue weighted by atomic mass is 10.0. The van der Waals surface area contributed by atoms with E-state index in [0.29, 0.717) is 16.5 Å². The zero-order valence-electron chi connectivity index (χ0n) is 17.5. The first-order chi connectivity index (χ1) is 13.5. The zero-order valence-corrected chi connectivity index (χ0v) is 19.1. The van der Waals surface area contributed by atoms with Crippen molar-refractivity contribution in [2.24, 2.45) is 0 Å². The van der Waals surface area contributed by atoms with E-state index in [1.807, 2.05) is 32.9 Å². The van der Waals surface area contributed by atoms with Gasteiger partial charge in [-0.3, -0.25) is 9.10 Å². The number of methoxy groups -OCH3 is 1. The molecule has 1 N–H and O–H groups in total. The highest BCUT2D eigenvalue weighted by Gasteiger charge is 2.34. The molecule has 0 saturated carbocycles. The highest BCUT2D eigenvalue weighted by molar-refractivity contribution is 7.92. The number of aryl methyl sites for hydroxylation is 3. The molecule has 29 heavy (non-hydrogen) atoms. The molecule has 0 radical (unpaired) electrons. The Balaban J connectivity index is 2.53. The van der Waals surface area contributed by atoms with Gasteiger partial charge in [-0.25, -0.2) is 8.42 Å². The van der Waals surface area contributed by atoms with Crippen LogP contribution in [0.15, 0.2) is 30.3 Å². The number of sulfonamides is 1. The van der Waals surface area contributed by atoms with Crippen LogP contribution < -0.4 is 14.4 Å². The summed E-state index contributed by atoms with van der Waals surface area (Å²) in [7, 11) is -2.37. The lowest BCUT2D eigenvalue weighted by Crippen LogP contribution is -2.47. The fraction of sp³-hybridized carbons (Fsp3) is 0.381. The van der Waals surface area contributed by atoms with Gasteiger partial charge in [0, 0.05) is 10.7 Å². The number of nitrogens with zero attached hydrogens (tertiary/aromatic N) is 1. The monoisotopic (exact) mass is 438 g/mol. The van der Waals surface area contributed by atoms with Crippen molar-refractivity contribution in [1.29, 1.82) is 0 Å². The Morgan fingerprint density at radius 2 is 1.76 bits per heavy atom. The van der Waals surface area contributed by atoms with Crippen molar-refractivity contribution in [2.45, 2.75) is 40.2 Å². The third-order valence-electron chi connectivity index (χ3n) is 4.63. The van der Waals surface area contributed by atoms with Crippen LogP contribution in [0.25, 0.3) is 0 Å². The molecule has 1 unspecified atom stereocenters. The average molecular weight is 439 g/mol. The molecule has 6 nitrogen and oxygen atoms in total. The summed E-state index contributed by atoms with van der Waals surface area (Å²) < 4.78 is 31.8. The summed E-state index contributed by atoms with van der Waals surface area (Å²) >= 11 is 6.10. The van der Waals surface area contributed by atoms with Crippen molar-refractivity contribution >= 4 is 38.9 Å². The Morgan fingerprint density at radius 3 is 2.24 bits per heavy atom. The third-order valence-corrected chi connectivity index (χ3v) is 6.03. The maximum atomic E-state index is 13.2. The van der Waals surface area contributed by atoms with E-state index in [0.717, 1.165) is 27.3 Å². The lowest BCUT2D eigenvalue weighted by molar-refractivity contribution is -0.117. The maximum Gasteiger partial charge on any atom is 0.248 e. The van der Waals surface area contributed by atoms with Crippen molar-refractivity contribution in [3.8, 4) is 5.75 Å². The van der Waals surface area contributed by atoms with Crippen molar-refractivity contribution in [1.82, 2.24) is 0 Å². The summed E-state index contributed by atoms with van der Waals surface area (Å²) in [6, 6.07) is 7.63. The minimum absolute atomic E-state index is 0.224. The Kier molecular flexibility index (Phi) is 7.19. The summed E-state index contributed by atoms with van der Waals surface area (Å²) in [4.78, 5) is 13.2. The van der Waals surface area contributed by atoms with Gasteiger partial charge >= 0.3 is 0 Å². The van der Waals surface area contributed by atoms with Gasteiger partial charge in [0.25, 0.3) is 0 Å². The summed E-state index contributed by atoms with van der Waals surface area (Å²) in [6.07, 6.45) is 1.32. The van der Waals surface area contributed by atoms with Crippen LogP contribution in [0.3, 0.4) is 0 Å². The molecule has 8 heteroatoms. The first-order valence-electron chi connectivity index (χ1n) is 9.21. The highest BCUT2D eigenvalue weighted by Crippen LogP contribution is 2.35. The number of hydrogen-bond donors (Lipinski definition) is 1. The Bertz CT molecular complexity index is 998. The van der Waals surface area contributed by atoms with Crippen LogP contribution in [0, 0.1) is 20.8 Å². The van der Waals surface area contributed by atoms with Gasteiger partial charge in [0.15, 0.2) is 0 Å². The minimum Gasteiger partial charge on any atom is -0.495 e. The molecule has 0 fully saturated rings. The Labute approximate surface area is 177 Å². The smallest absolute Gasteiger partial charge is 0.248 e. The number of rotatable bonds is 7. The van der Waals surface area contributed by atoms with Crippen molar-refractivity contribution in [3.05, 3.63) is 52.0 Å². The standard InChI is InChI=1S/C21H27ClN2O4S/c1-7-17(21(25)23-20-14(3)10-13(2)11-15(20)4)24(29(6,26)27)18-12-16(22)8-9-19(18)28-5/h8-12,17H,7H2,1-6H3,(H,23,25). The van der Waals surface area contributed by atoms with Gasteiger partial charge < -0.3 is 10.1 Å². The molecule has 2 aromatic rings. The molecule has 2 rings (SSSR count). The van der Waals surface area contributed by atoms with Crippen LogP contribution in [0.2, 0.25) is 5.02 Å². The molecule has 0 bridgehead atoms. The summed E-state index contributed by atoms with van der Waals surface area (Å²) in [5.74, 6) is -0.108. The van der Waals surface area contributed by atoms with Gasteiger partial charge in [-0.15, -0.1) is 0 Å². The number of nitrogens with one attached hydrogen (secondary N) is 1. The summed E-state index contributed by atoms with van der Waals surface area (Å²) in [6.45, 7) is 7.56. The molecule has 1 amide bonds. The second-order valence-electron chi connectivity index (χ2n) is 7.06. The maximum absolute atomic E-state index is 13.2. The largest absolute Gasteiger partial charge is 0.495 e. The molecule has 0 spiro atoms. The van der Waals surface area contributed by atoms with Crippen LogP contribution >= 0.6 is 11.6 Å². The van der Waals surface area contributed by atoms with Gasteiger partial charge in [-0.1, -0.05) is 36.2 Å². The highest BCUT2D eigenvalue weighted by atomic mass is 35.5. The SMILES string of the molecule is CCC(C(=O)Nc1c(C)cc(C)cc1C)N(c1cc(Cl)ccc1OC)S(C)(=O)=O. The molecule has 0 aliphatic carbocycles. The van der Waals surface area contributed by atoms with Gasteiger partial charge in [-0.2, -0.15) is 0 Å². The number of carbonyl (C=O) groups excluding carboxylic acids is 1. The molecule has 2 aromatic carbocycles. The minimum atomic E-state index is -3.81. The number of benzene rings is 2. The molecule has 0 heterocycles. The second kappa shape index (κ2) is 9.05. The van der Waals surface area contributed by atoms with E-state index in [1.54, 1.807) is 19.1 Å². The van der Waals surface area contributed by atoms with Crippen molar-refractivity contribution < 1.29 is 17.9 Å². The topological polar surface area (TPSA) is 75.7 Å². The van der Waals surface area contributed by atoms with E-state index in [4.69, 9.17) is 16.3 Å². The Morgan fingerprint density at radius 1 is 1.17 bits per heavy atom. The molecular weight excluding hydrogens is 412 g/mol. The quantitative estimate of drug-likeness (QED) is 0.692. The normalized spacial score (nSPS) is 12.4. The van der Waals surface area contributed by atoms with Crippen molar-refractivity contribution in [3.63, 3.8) is 0 Å². The first-order valence-corrected chi connectivity index (χ1v) is 11.4. The van der Waals surface area contributed by atoms with Crippen LogP contribution in [0.5, 0.6) is 5.75 Å². The van der Waals surface area contributed by atoms with E-state index >= 15 is 0 Å². The molecule has 1 atom stereocenters. The molecule has 0 aromatic heterocycles. The molecule has 158 valence electrons. The zero-order chi connectivity index (χ0) is 21.9. The summed E-state index contributed by atoms with van der Waals surface area (Å²) in [5, 5.41) is 3.25. The van der Waals surface area contributed by atoms with E-state index in [9.17, 15) is 13.2 Å². The van der Waals surface area contributed by atoms with E-state index in [-0.39, 0.29) is 12.1 Å². The van der Waals surface area contributed by atoms with Gasteiger partial charge in [0.1, 0.15) is 11.8 Å². The van der Waals surface area contributed by atoms with Crippen molar-refractivity contribution in [2.75, 3.05) is 23.0 Å². The third kappa shape index (κ3) is 5.22. The van der Waals surface area contributed by atoms with E-state index in [2.05, 4.69) is 5.32 Å². The summed E-state index contributed by atoms with van der Waals surface area (Å²) in [5.41, 5.74) is 3.83. The second-order valence-corrected chi connectivity index (χ2v) is 9.36. The van der Waals surface area contributed by atoms with E-state index < -0.39 is 22.0 Å². The predicted molar refractivity (Wildman–Crippen MR) is 119 cm³/mol. The van der Waals surface area contributed by atoms with Crippen LogP contribution in [-0.2, 0) is 14.8 Å². The van der Waals surface area contributed by atoms with Crippen LogP contribution in [0.1, 0.15) is 30.0 Å².